The van der Waals surface area contributed by atoms with Gasteiger partial charge in [0.05, 0.1) is 21.4 Å². The van der Waals surface area contributed by atoms with E-state index >= 15 is 0 Å². The fourth-order valence-electron chi connectivity index (χ4n) is 3.41. The van der Waals surface area contributed by atoms with Gasteiger partial charge in [-0.05, 0) is 55.7 Å². The van der Waals surface area contributed by atoms with Crippen LogP contribution in [-0.2, 0) is 7.05 Å². The summed E-state index contributed by atoms with van der Waals surface area (Å²) in [6.07, 6.45) is 1.57. The van der Waals surface area contributed by atoms with Crippen LogP contribution in [0, 0.1) is 18.7 Å². The number of halogens is 4. The van der Waals surface area contributed by atoms with Gasteiger partial charge in [0, 0.05) is 18.7 Å². The number of amides is 1. The maximum Gasteiger partial charge on any atom is 0.265 e. The zero-order valence-corrected chi connectivity index (χ0v) is 17.2. The molecule has 0 atom stereocenters. The summed E-state index contributed by atoms with van der Waals surface area (Å²) in [4.78, 5) is 14.9. The van der Waals surface area contributed by atoms with Crippen LogP contribution < -0.4 is 4.90 Å². The smallest absolute Gasteiger partial charge is 0.265 e. The van der Waals surface area contributed by atoms with Gasteiger partial charge in [0.1, 0.15) is 11.4 Å². The molecular weight excluding hydrogens is 419 g/mol. The summed E-state index contributed by atoms with van der Waals surface area (Å²) in [5.74, 6) is -1.65. The van der Waals surface area contributed by atoms with Gasteiger partial charge in [0.25, 0.3) is 5.91 Å². The van der Waals surface area contributed by atoms with Crippen molar-refractivity contribution in [1.82, 2.24) is 9.78 Å². The fraction of sp³-hybridized carbons (Fsp3) is 0.238. The van der Waals surface area contributed by atoms with Crippen molar-refractivity contribution in [3.63, 3.8) is 0 Å². The van der Waals surface area contributed by atoms with E-state index in [1.165, 1.54) is 30.1 Å². The Morgan fingerprint density at radius 2 is 1.86 bits per heavy atom. The third kappa shape index (κ3) is 3.63. The van der Waals surface area contributed by atoms with Gasteiger partial charge in [-0.25, -0.2) is 9.07 Å². The standard InChI is InChI=1S/C21H17Cl2F2N3O/c1-11-19(20(25)27(2)26-11)21(29)28(14-5-6-14)18-8-4-13(24)10-15(18)12-3-7-16(22)17(23)9-12/h3-4,7-10,14H,5-6H2,1-2H3. The maximum absolute atomic E-state index is 14.6. The summed E-state index contributed by atoms with van der Waals surface area (Å²) in [6, 6.07) is 9.00. The highest BCUT2D eigenvalue weighted by Crippen LogP contribution is 2.41. The second-order valence-corrected chi connectivity index (χ2v) is 7.89. The maximum atomic E-state index is 14.6. The molecular formula is C21H17Cl2F2N3O. The van der Waals surface area contributed by atoms with Crippen molar-refractivity contribution in [1.29, 1.82) is 0 Å². The molecule has 0 radical (unpaired) electrons. The van der Waals surface area contributed by atoms with Crippen LogP contribution in [0.2, 0.25) is 10.0 Å². The number of hydrogen-bond acceptors (Lipinski definition) is 2. The Morgan fingerprint density at radius 1 is 1.14 bits per heavy atom. The molecule has 4 rings (SSSR count). The summed E-state index contributed by atoms with van der Waals surface area (Å²) >= 11 is 12.2. The molecule has 1 aliphatic carbocycles. The summed E-state index contributed by atoms with van der Waals surface area (Å²) in [5.41, 5.74) is 1.80. The molecule has 0 unspecified atom stereocenters. The molecule has 8 heteroatoms. The number of rotatable bonds is 4. The van der Waals surface area contributed by atoms with E-state index in [0.29, 0.717) is 32.6 Å². The van der Waals surface area contributed by atoms with Crippen LogP contribution in [0.4, 0.5) is 14.5 Å². The van der Waals surface area contributed by atoms with E-state index in [9.17, 15) is 13.6 Å². The van der Waals surface area contributed by atoms with Gasteiger partial charge in [0.15, 0.2) is 0 Å². The third-order valence-corrected chi connectivity index (χ3v) is 5.68. The average molecular weight is 436 g/mol. The van der Waals surface area contributed by atoms with Gasteiger partial charge < -0.3 is 4.90 Å². The third-order valence-electron chi connectivity index (χ3n) is 4.95. The van der Waals surface area contributed by atoms with Crippen LogP contribution >= 0.6 is 23.2 Å². The Hall–Kier alpha value is -2.44. The zero-order chi connectivity index (χ0) is 20.9. The molecule has 4 nitrogen and oxygen atoms in total. The number of aromatic nitrogens is 2. The Bertz CT molecular complexity index is 1130. The lowest BCUT2D eigenvalue weighted by Gasteiger charge is -2.25. The predicted molar refractivity (Wildman–Crippen MR) is 110 cm³/mol. The molecule has 0 saturated heterocycles. The van der Waals surface area contributed by atoms with Gasteiger partial charge in [-0.15, -0.1) is 0 Å². The first-order valence-corrected chi connectivity index (χ1v) is 9.81. The molecule has 1 saturated carbocycles. The van der Waals surface area contributed by atoms with Crippen LogP contribution in [-0.4, -0.2) is 21.7 Å². The minimum absolute atomic E-state index is 0.0798. The van der Waals surface area contributed by atoms with Crippen LogP contribution in [0.1, 0.15) is 28.9 Å². The average Bonchev–Trinajstić information content (AvgIpc) is 3.46. The minimum Gasteiger partial charge on any atom is -0.304 e. The van der Waals surface area contributed by atoms with E-state index in [2.05, 4.69) is 5.10 Å². The number of nitrogens with zero attached hydrogens (tertiary/aromatic N) is 3. The molecule has 1 amide bonds. The predicted octanol–water partition coefficient (Wildman–Crippen LogP) is 5.79. The van der Waals surface area contributed by atoms with Crippen molar-refractivity contribution in [2.24, 2.45) is 7.05 Å². The van der Waals surface area contributed by atoms with Crippen LogP contribution in [0.25, 0.3) is 11.1 Å². The molecule has 1 aromatic heterocycles. The van der Waals surface area contributed by atoms with Gasteiger partial charge in [-0.1, -0.05) is 29.3 Å². The van der Waals surface area contributed by atoms with Gasteiger partial charge >= 0.3 is 0 Å². The Balaban J connectivity index is 1.87. The lowest BCUT2D eigenvalue weighted by atomic mass is 10.0. The van der Waals surface area contributed by atoms with Crippen molar-refractivity contribution < 1.29 is 13.6 Å². The van der Waals surface area contributed by atoms with E-state index in [1.807, 2.05) is 0 Å². The Kier molecular flexibility index (Phi) is 5.09. The Labute approximate surface area is 176 Å². The highest BCUT2D eigenvalue weighted by Gasteiger charge is 2.38. The number of benzene rings is 2. The molecule has 0 aliphatic heterocycles. The number of anilines is 1. The molecule has 2 aromatic carbocycles. The first kappa shape index (κ1) is 19.9. The summed E-state index contributed by atoms with van der Waals surface area (Å²) < 4.78 is 29.7. The highest BCUT2D eigenvalue weighted by molar-refractivity contribution is 6.42. The van der Waals surface area contributed by atoms with Crippen LogP contribution in [0.3, 0.4) is 0 Å². The summed E-state index contributed by atoms with van der Waals surface area (Å²) in [6.45, 7) is 1.59. The normalized spacial score (nSPS) is 13.6. The molecule has 0 bridgehead atoms. The number of carbonyl (C=O) groups excluding carboxylic acids is 1. The lowest BCUT2D eigenvalue weighted by molar-refractivity contribution is 0.0980. The lowest BCUT2D eigenvalue weighted by Crippen LogP contribution is -2.34. The summed E-state index contributed by atoms with van der Waals surface area (Å²) in [5, 5.41) is 4.69. The van der Waals surface area contributed by atoms with Crippen molar-refractivity contribution in [3.8, 4) is 11.1 Å². The van der Waals surface area contributed by atoms with Gasteiger partial charge in [-0.3, -0.25) is 4.79 Å². The first-order chi connectivity index (χ1) is 13.8. The quantitative estimate of drug-likeness (QED) is 0.519. The van der Waals surface area contributed by atoms with E-state index in [0.717, 1.165) is 17.5 Å². The van der Waals surface area contributed by atoms with Crippen molar-refractivity contribution in [2.75, 3.05) is 4.90 Å². The molecule has 150 valence electrons. The molecule has 29 heavy (non-hydrogen) atoms. The molecule has 1 heterocycles. The topological polar surface area (TPSA) is 38.1 Å². The van der Waals surface area contributed by atoms with Crippen molar-refractivity contribution in [2.45, 2.75) is 25.8 Å². The highest BCUT2D eigenvalue weighted by atomic mass is 35.5. The van der Waals surface area contributed by atoms with E-state index in [1.54, 1.807) is 25.1 Å². The molecule has 1 aliphatic rings. The van der Waals surface area contributed by atoms with Crippen LogP contribution in [0.5, 0.6) is 0 Å². The van der Waals surface area contributed by atoms with E-state index in [4.69, 9.17) is 23.2 Å². The molecule has 0 spiro atoms. The second-order valence-electron chi connectivity index (χ2n) is 7.07. The van der Waals surface area contributed by atoms with E-state index in [-0.39, 0.29) is 11.6 Å². The van der Waals surface area contributed by atoms with Gasteiger partial charge in [0.2, 0.25) is 5.95 Å². The second kappa shape index (κ2) is 7.43. The number of aryl methyl sites for hydroxylation is 2. The van der Waals surface area contributed by atoms with Crippen molar-refractivity contribution >= 4 is 34.8 Å². The molecule has 3 aromatic rings. The monoisotopic (exact) mass is 435 g/mol. The van der Waals surface area contributed by atoms with Crippen molar-refractivity contribution in [3.05, 3.63) is 69.5 Å². The molecule has 0 N–H and O–H groups in total. The largest absolute Gasteiger partial charge is 0.304 e. The number of hydrogen-bond donors (Lipinski definition) is 0. The minimum atomic E-state index is -0.698. The number of carbonyl (C=O) groups is 1. The SMILES string of the molecule is Cc1nn(C)c(F)c1C(=O)N(c1ccc(F)cc1-c1ccc(Cl)c(Cl)c1)C1CC1. The van der Waals surface area contributed by atoms with E-state index < -0.39 is 17.7 Å². The first-order valence-electron chi connectivity index (χ1n) is 9.05. The summed E-state index contributed by atoms with van der Waals surface area (Å²) in [7, 11) is 1.44. The van der Waals surface area contributed by atoms with Gasteiger partial charge in [-0.2, -0.15) is 9.49 Å². The molecule has 1 fully saturated rings. The Morgan fingerprint density at radius 3 is 2.45 bits per heavy atom. The van der Waals surface area contributed by atoms with Crippen LogP contribution in [0.15, 0.2) is 36.4 Å². The fourth-order valence-corrected chi connectivity index (χ4v) is 3.71. The zero-order valence-electron chi connectivity index (χ0n) is 15.7.